The lowest BCUT2D eigenvalue weighted by Crippen LogP contribution is -2.47. The minimum absolute atomic E-state index is 0.0771. The Balaban J connectivity index is 1.25. The fourth-order valence-electron chi connectivity index (χ4n) is 5.96. The Labute approximate surface area is 209 Å². The largest absolute Gasteiger partial charge is 0.395 e. The molecule has 35 heavy (non-hydrogen) atoms. The van der Waals surface area contributed by atoms with Crippen molar-refractivity contribution in [2.75, 3.05) is 45.9 Å². The van der Waals surface area contributed by atoms with Gasteiger partial charge in [-0.1, -0.05) is 72.7 Å². The fourth-order valence-corrected chi connectivity index (χ4v) is 5.96. The first kappa shape index (κ1) is 24.0. The first-order valence-corrected chi connectivity index (χ1v) is 13.3. The van der Waals surface area contributed by atoms with E-state index in [1.165, 1.54) is 28.7 Å². The standard InChI is InChI=1S/C29H38N4O2/c34-23-22-32-27-14-8-3-9-17-31(27)29(35)33(32)21-20-30-18-15-26(16-19-30)28(24-10-4-1-5-11-24)25-12-6-2-7-13-25/h1-2,4-7,10-13,27,34H,3,8-9,14-23H2. The van der Waals surface area contributed by atoms with Crippen LogP contribution in [0.1, 0.15) is 49.7 Å². The van der Waals surface area contributed by atoms with Crippen molar-refractivity contribution < 1.29 is 9.90 Å². The second-order valence-corrected chi connectivity index (χ2v) is 9.87. The zero-order chi connectivity index (χ0) is 24.0. The van der Waals surface area contributed by atoms with Gasteiger partial charge in [0, 0.05) is 32.7 Å². The number of rotatable bonds is 7. The van der Waals surface area contributed by atoms with Gasteiger partial charge < -0.3 is 14.9 Å². The maximum Gasteiger partial charge on any atom is 0.335 e. The summed E-state index contributed by atoms with van der Waals surface area (Å²) in [7, 11) is 0. The number of fused-ring (bicyclic) bond motifs is 1. The molecule has 2 amide bonds. The fraction of sp³-hybridized carbons (Fsp3) is 0.483. The minimum atomic E-state index is 0.0771. The topological polar surface area (TPSA) is 50.3 Å². The van der Waals surface area contributed by atoms with Crippen LogP contribution in [0, 0.1) is 0 Å². The molecule has 1 atom stereocenters. The number of aliphatic hydroxyl groups is 1. The molecular formula is C29H38N4O2. The smallest absolute Gasteiger partial charge is 0.335 e. The van der Waals surface area contributed by atoms with Crippen molar-refractivity contribution in [3.05, 3.63) is 77.4 Å². The number of carbonyl (C=O) groups excluding carboxylic acids is 1. The highest BCUT2D eigenvalue weighted by molar-refractivity contribution is 5.82. The molecule has 0 radical (unpaired) electrons. The molecule has 2 aromatic carbocycles. The molecule has 0 saturated carbocycles. The Kier molecular flexibility index (Phi) is 7.82. The van der Waals surface area contributed by atoms with E-state index in [1.54, 1.807) is 0 Å². The summed E-state index contributed by atoms with van der Waals surface area (Å²) in [5, 5.41) is 13.7. The summed E-state index contributed by atoms with van der Waals surface area (Å²) in [5.41, 5.74) is 5.47. The first-order valence-electron chi connectivity index (χ1n) is 13.3. The number of piperidine rings is 1. The lowest BCUT2D eigenvalue weighted by atomic mass is 9.88. The molecule has 6 nitrogen and oxygen atoms in total. The van der Waals surface area contributed by atoms with Crippen molar-refractivity contribution >= 4 is 11.6 Å². The Morgan fingerprint density at radius 1 is 0.800 bits per heavy atom. The van der Waals surface area contributed by atoms with E-state index in [0.29, 0.717) is 13.1 Å². The van der Waals surface area contributed by atoms with E-state index in [1.807, 2.05) is 9.91 Å². The van der Waals surface area contributed by atoms with Gasteiger partial charge in [0.15, 0.2) is 0 Å². The van der Waals surface area contributed by atoms with E-state index in [-0.39, 0.29) is 18.8 Å². The van der Waals surface area contributed by atoms with Crippen LogP contribution in [0.15, 0.2) is 66.2 Å². The number of β-amino-alcohol motifs (C(OH)–C–C–N with tert-alkyl or cyclic N) is 1. The molecule has 0 bridgehead atoms. The number of benzene rings is 2. The van der Waals surface area contributed by atoms with Gasteiger partial charge in [0.25, 0.3) is 0 Å². The number of hydrazine groups is 1. The number of hydrogen-bond donors (Lipinski definition) is 1. The molecule has 0 aliphatic carbocycles. The summed E-state index contributed by atoms with van der Waals surface area (Å²) in [6.45, 7) is 5.01. The van der Waals surface area contributed by atoms with Gasteiger partial charge in [-0.05, 0) is 48.8 Å². The molecule has 3 saturated heterocycles. The maximum absolute atomic E-state index is 13.2. The van der Waals surface area contributed by atoms with E-state index in [2.05, 4.69) is 70.6 Å². The van der Waals surface area contributed by atoms with Gasteiger partial charge in [0.05, 0.1) is 13.2 Å². The highest BCUT2D eigenvalue weighted by atomic mass is 16.3. The molecule has 186 valence electrons. The van der Waals surface area contributed by atoms with Gasteiger partial charge in [0.2, 0.25) is 0 Å². The summed E-state index contributed by atoms with van der Waals surface area (Å²) in [6, 6.07) is 21.6. The van der Waals surface area contributed by atoms with E-state index in [4.69, 9.17) is 0 Å². The maximum atomic E-state index is 13.2. The van der Waals surface area contributed by atoms with E-state index in [0.717, 1.165) is 58.3 Å². The minimum Gasteiger partial charge on any atom is -0.395 e. The van der Waals surface area contributed by atoms with Gasteiger partial charge in [-0.2, -0.15) is 5.01 Å². The summed E-state index contributed by atoms with van der Waals surface area (Å²) in [4.78, 5) is 17.7. The monoisotopic (exact) mass is 474 g/mol. The van der Waals surface area contributed by atoms with Gasteiger partial charge in [0.1, 0.15) is 6.17 Å². The second kappa shape index (κ2) is 11.4. The van der Waals surface area contributed by atoms with Gasteiger partial charge in [-0.3, -0.25) is 5.01 Å². The molecule has 5 rings (SSSR count). The van der Waals surface area contributed by atoms with E-state index < -0.39 is 0 Å². The van der Waals surface area contributed by atoms with Gasteiger partial charge >= 0.3 is 6.03 Å². The number of hydrogen-bond acceptors (Lipinski definition) is 4. The van der Waals surface area contributed by atoms with Crippen molar-refractivity contribution in [3.8, 4) is 0 Å². The predicted octanol–water partition coefficient (Wildman–Crippen LogP) is 4.43. The van der Waals surface area contributed by atoms with Crippen molar-refractivity contribution in [1.82, 2.24) is 19.8 Å². The van der Waals surface area contributed by atoms with Crippen LogP contribution in [-0.2, 0) is 0 Å². The zero-order valence-electron chi connectivity index (χ0n) is 20.7. The molecule has 1 unspecified atom stereocenters. The van der Waals surface area contributed by atoms with Crippen molar-refractivity contribution in [3.63, 3.8) is 0 Å². The summed E-state index contributed by atoms with van der Waals surface area (Å²) in [6.07, 6.45) is 6.62. The Hall–Kier alpha value is -2.67. The lowest BCUT2D eigenvalue weighted by molar-refractivity contribution is -0.0148. The number of aliphatic hydroxyl groups excluding tert-OH is 1. The summed E-state index contributed by atoms with van der Waals surface area (Å²) >= 11 is 0. The third-order valence-electron chi connectivity index (χ3n) is 7.74. The van der Waals surface area contributed by atoms with E-state index in [9.17, 15) is 9.90 Å². The average molecular weight is 475 g/mol. The van der Waals surface area contributed by atoms with Crippen molar-refractivity contribution in [2.45, 2.75) is 44.7 Å². The number of amides is 2. The Bertz CT molecular complexity index is 958. The van der Waals surface area contributed by atoms with Crippen LogP contribution in [0.2, 0.25) is 0 Å². The third kappa shape index (κ3) is 5.30. The van der Waals surface area contributed by atoms with Gasteiger partial charge in [-0.25, -0.2) is 4.79 Å². The van der Waals surface area contributed by atoms with Crippen LogP contribution in [0.4, 0.5) is 4.79 Å². The Morgan fingerprint density at radius 2 is 1.46 bits per heavy atom. The van der Waals surface area contributed by atoms with Crippen molar-refractivity contribution in [1.29, 1.82) is 0 Å². The number of nitrogens with zero attached hydrogens (tertiary/aromatic N) is 4. The van der Waals surface area contributed by atoms with Gasteiger partial charge in [-0.15, -0.1) is 0 Å². The molecule has 3 aliphatic heterocycles. The van der Waals surface area contributed by atoms with Crippen LogP contribution >= 0.6 is 0 Å². The molecule has 2 aromatic rings. The third-order valence-corrected chi connectivity index (χ3v) is 7.74. The highest BCUT2D eigenvalue weighted by Crippen LogP contribution is 2.33. The predicted molar refractivity (Wildman–Crippen MR) is 139 cm³/mol. The second-order valence-electron chi connectivity index (χ2n) is 9.87. The molecule has 6 heteroatoms. The lowest BCUT2D eigenvalue weighted by Gasteiger charge is -2.34. The Morgan fingerprint density at radius 3 is 2.09 bits per heavy atom. The number of urea groups is 1. The average Bonchev–Trinajstić information content (AvgIpc) is 3.05. The quantitative estimate of drug-likeness (QED) is 0.645. The molecule has 0 aromatic heterocycles. The van der Waals surface area contributed by atoms with E-state index >= 15 is 0 Å². The molecule has 3 heterocycles. The number of carbonyl (C=O) groups is 1. The van der Waals surface area contributed by atoms with Crippen molar-refractivity contribution in [2.24, 2.45) is 0 Å². The van der Waals surface area contributed by atoms with Crippen LogP contribution < -0.4 is 0 Å². The molecule has 0 spiro atoms. The molecule has 3 aliphatic rings. The summed E-state index contributed by atoms with van der Waals surface area (Å²) < 4.78 is 0. The molecular weight excluding hydrogens is 436 g/mol. The van der Waals surface area contributed by atoms with Crippen LogP contribution in [0.5, 0.6) is 0 Å². The molecule has 1 N–H and O–H groups in total. The summed E-state index contributed by atoms with van der Waals surface area (Å²) in [5.74, 6) is 0. The number of likely N-dealkylation sites (tertiary alicyclic amines) is 1. The first-order chi connectivity index (χ1) is 17.3. The SMILES string of the molecule is O=C1N2CCCCCC2N(CCO)N1CCN1CCC(=C(c2ccccc2)c2ccccc2)CC1. The zero-order valence-corrected chi connectivity index (χ0v) is 20.7. The van der Waals surface area contributed by atoms with Crippen LogP contribution in [0.3, 0.4) is 0 Å². The normalized spacial score (nSPS) is 21.8. The van der Waals surface area contributed by atoms with Crippen LogP contribution in [-0.4, -0.2) is 83.0 Å². The molecule has 3 fully saturated rings. The van der Waals surface area contributed by atoms with Crippen LogP contribution in [0.25, 0.3) is 5.57 Å². The highest BCUT2D eigenvalue weighted by Gasteiger charge is 2.43.